The van der Waals surface area contributed by atoms with E-state index in [2.05, 4.69) is 9.88 Å². The van der Waals surface area contributed by atoms with Crippen LogP contribution in [0.15, 0.2) is 48.8 Å². The highest BCUT2D eigenvalue weighted by Gasteiger charge is 2.26. The number of benzene rings is 2. The van der Waals surface area contributed by atoms with Gasteiger partial charge in [0.15, 0.2) is 6.61 Å². The van der Waals surface area contributed by atoms with Crippen LogP contribution in [0.4, 0.5) is 15.8 Å². The van der Waals surface area contributed by atoms with Gasteiger partial charge in [-0.2, -0.15) is 0 Å². The molecule has 2 N–H and O–H groups in total. The molecule has 6 nitrogen and oxygen atoms in total. The molecule has 5 rings (SSSR count). The number of ether oxygens (including phenoxy) is 1. The summed E-state index contributed by atoms with van der Waals surface area (Å²) in [5.74, 6) is 0.316. The first-order valence-electron chi connectivity index (χ1n) is 11.2. The molecule has 0 aliphatic carbocycles. The lowest BCUT2D eigenvalue weighted by Crippen LogP contribution is -2.40. The number of pyridine rings is 1. The molecule has 1 saturated heterocycles. The molecule has 7 heteroatoms. The van der Waals surface area contributed by atoms with E-state index in [-0.39, 0.29) is 24.4 Å². The summed E-state index contributed by atoms with van der Waals surface area (Å²) < 4.78 is 19.9. The van der Waals surface area contributed by atoms with E-state index in [1.165, 1.54) is 6.07 Å². The molecule has 0 saturated carbocycles. The number of amides is 1. The van der Waals surface area contributed by atoms with Crippen LogP contribution in [0, 0.1) is 12.7 Å². The number of carbonyl (C=O) groups is 1. The Labute approximate surface area is 192 Å². The van der Waals surface area contributed by atoms with Gasteiger partial charge in [-0.15, -0.1) is 0 Å². The average molecular weight is 447 g/mol. The Balaban J connectivity index is 1.69. The van der Waals surface area contributed by atoms with Gasteiger partial charge in [0.05, 0.1) is 11.4 Å². The van der Waals surface area contributed by atoms with Crippen LogP contribution < -0.4 is 20.3 Å². The van der Waals surface area contributed by atoms with Gasteiger partial charge >= 0.3 is 0 Å². The molecule has 2 aliphatic rings. The molecule has 0 atom stereocenters. The Kier molecular flexibility index (Phi) is 5.50. The van der Waals surface area contributed by atoms with Gasteiger partial charge in [0.2, 0.25) is 0 Å². The van der Waals surface area contributed by atoms with E-state index in [0.717, 1.165) is 65.1 Å². The van der Waals surface area contributed by atoms with Crippen molar-refractivity contribution in [2.75, 3.05) is 36.5 Å². The first-order chi connectivity index (χ1) is 15.9. The molecule has 2 aliphatic heterocycles. The second-order valence-electron chi connectivity index (χ2n) is 8.85. The molecule has 1 amide bonds. The van der Waals surface area contributed by atoms with E-state index in [0.29, 0.717) is 5.75 Å². The third-order valence-electron chi connectivity index (χ3n) is 6.48. The zero-order chi connectivity index (χ0) is 23.1. The van der Waals surface area contributed by atoms with Gasteiger partial charge in [0.1, 0.15) is 11.6 Å². The van der Waals surface area contributed by atoms with Gasteiger partial charge in [-0.25, -0.2) is 4.39 Å². The number of nitrogens with two attached hydrogens (primary N) is 1. The van der Waals surface area contributed by atoms with Crippen molar-refractivity contribution in [2.45, 2.75) is 25.8 Å². The number of halogens is 1. The van der Waals surface area contributed by atoms with E-state index in [1.807, 2.05) is 37.4 Å². The number of carbonyl (C=O) groups excluding carboxylic acids is 1. The highest BCUT2D eigenvalue weighted by atomic mass is 19.1. The Morgan fingerprint density at radius 1 is 1.06 bits per heavy atom. The molecule has 0 bridgehead atoms. The van der Waals surface area contributed by atoms with Gasteiger partial charge in [-0.05, 0) is 60.7 Å². The van der Waals surface area contributed by atoms with E-state index in [9.17, 15) is 9.18 Å². The average Bonchev–Trinajstić information content (AvgIpc) is 2.81. The second kappa shape index (κ2) is 8.48. The van der Waals surface area contributed by atoms with Crippen LogP contribution in [0.2, 0.25) is 0 Å². The van der Waals surface area contributed by atoms with Crippen molar-refractivity contribution >= 4 is 17.3 Å². The molecule has 33 heavy (non-hydrogen) atoms. The van der Waals surface area contributed by atoms with Gasteiger partial charge in [0, 0.05) is 49.7 Å². The molecular formula is C26H27FN4O2. The van der Waals surface area contributed by atoms with Crippen LogP contribution in [-0.2, 0) is 4.79 Å². The lowest BCUT2D eigenvalue weighted by Gasteiger charge is -2.35. The second-order valence-corrected chi connectivity index (χ2v) is 8.85. The van der Waals surface area contributed by atoms with E-state index < -0.39 is 0 Å². The van der Waals surface area contributed by atoms with Crippen molar-refractivity contribution < 1.29 is 13.9 Å². The number of fused-ring (bicyclic) bond motifs is 1. The SMILES string of the molecule is Cc1cc(F)cc(-c2cncc(-c3ccc4c(c3)N(C)C(=O)CO4)c2N2CCC(N)CC2)c1. The number of hydrogen-bond acceptors (Lipinski definition) is 5. The Bertz CT molecular complexity index is 1200. The molecule has 170 valence electrons. The number of likely N-dealkylation sites (N-methyl/N-ethyl adjacent to an activating group) is 1. The smallest absolute Gasteiger partial charge is 0.264 e. The topological polar surface area (TPSA) is 71.7 Å². The summed E-state index contributed by atoms with van der Waals surface area (Å²) in [7, 11) is 1.75. The summed E-state index contributed by atoms with van der Waals surface area (Å²) in [6.07, 6.45) is 5.42. The number of aromatic nitrogens is 1. The van der Waals surface area contributed by atoms with Gasteiger partial charge < -0.3 is 20.3 Å². The van der Waals surface area contributed by atoms with Gasteiger partial charge in [-0.1, -0.05) is 12.1 Å². The number of nitrogens with zero attached hydrogens (tertiary/aromatic N) is 3. The van der Waals surface area contributed by atoms with E-state index >= 15 is 0 Å². The molecule has 0 radical (unpaired) electrons. The largest absolute Gasteiger partial charge is 0.482 e. The van der Waals surface area contributed by atoms with Gasteiger partial charge in [-0.3, -0.25) is 9.78 Å². The Morgan fingerprint density at radius 2 is 1.79 bits per heavy atom. The van der Waals surface area contributed by atoms with Crippen molar-refractivity contribution in [3.05, 3.63) is 60.2 Å². The van der Waals surface area contributed by atoms with Crippen LogP contribution in [0.25, 0.3) is 22.3 Å². The minimum Gasteiger partial charge on any atom is -0.482 e. The summed E-state index contributed by atoms with van der Waals surface area (Å²) in [6.45, 7) is 3.55. The predicted molar refractivity (Wildman–Crippen MR) is 128 cm³/mol. The number of anilines is 2. The normalized spacial score (nSPS) is 16.5. The summed E-state index contributed by atoms with van der Waals surface area (Å²) in [4.78, 5) is 20.7. The Morgan fingerprint density at radius 3 is 2.52 bits per heavy atom. The maximum Gasteiger partial charge on any atom is 0.264 e. The lowest BCUT2D eigenvalue weighted by molar-refractivity contribution is -0.120. The fourth-order valence-corrected chi connectivity index (χ4v) is 4.67. The molecule has 3 aromatic rings. The summed E-state index contributed by atoms with van der Waals surface area (Å²) in [5, 5.41) is 0. The maximum absolute atomic E-state index is 14.3. The predicted octanol–water partition coefficient (Wildman–Crippen LogP) is 4.15. The molecule has 1 fully saturated rings. The molecule has 3 heterocycles. The first-order valence-corrected chi connectivity index (χ1v) is 11.2. The molecule has 1 aromatic heterocycles. The van der Waals surface area contributed by atoms with Gasteiger partial charge in [0.25, 0.3) is 5.91 Å². The van der Waals surface area contributed by atoms with Crippen molar-refractivity contribution in [2.24, 2.45) is 5.73 Å². The molecule has 0 spiro atoms. The van der Waals surface area contributed by atoms with Crippen molar-refractivity contribution in [1.82, 2.24) is 4.98 Å². The zero-order valence-corrected chi connectivity index (χ0v) is 18.8. The number of piperidine rings is 1. The van der Waals surface area contributed by atoms with Crippen molar-refractivity contribution in [3.63, 3.8) is 0 Å². The van der Waals surface area contributed by atoms with Crippen LogP contribution in [0.1, 0.15) is 18.4 Å². The maximum atomic E-state index is 14.3. The third kappa shape index (κ3) is 4.04. The monoisotopic (exact) mass is 446 g/mol. The molecule has 0 unspecified atom stereocenters. The van der Waals surface area contributed by atoms with E-state index in [1.54, 1.807) is 24.2 Å². The van der Waals surface area contributed by atoms with Crippen molar-refractivity contribution in [1.29, 1.82) is 0 Å². The minimum atomic E-state index is -0.270. The van der Waals surface area contributed by atoms with Crippen LogP contribution in [0.3, 0.4) is 0 Å². The fourth-order valence-electron chi connectivity index (χ4n) is 4.67. The van der Waals surface area contributed by atoms with E-state index in [4.69, 9.17) is 10.5 Å². The lowest BCUT2D eigenvalue weighted by atomic mass is 9.94. The van der Waals surface area contributed by atoms with Crippen LogP contribution in [-0.4, -0.2) is 43.7 Å². The highest BCUT2D eigenvalue weighted by Crippen LogP contribution is 2.43. The van der Waals surface area contributed by atoms with Crippen LogP contribution >= 0.6 is 0 Å². The fraction of sp³-hybridized carbons (Fsp3) is 0.308. The van der Waals surface area contributed by atoms with Crippen molar-refractivity contribution in [3.8, 4) is 28.0 Å². The zero-order valence-electron chi connectivity index (χ0n) is 18.8. The standard InChI is InChI=1S/C26H27FN4O2/c1-16-9-18(11-19(27)10-16)22-14-29-13-21(26(22)31-7-5-20(28)6-8-31)17-3-4-24-23(12-17)30(2)25(32)15-33-24/h3-4,9-14,20H,5-8,15,28H2,1-2H3. The summed E-state index contributed by atoms with van der Waals surface area (Å²) >= 11 is 0. The minimum absolute atomic E-state index is 0.0398. The summed E-state index contributed by atoms with van der Waals surface area (Å²) in [6, 6.07) is 11.1. The number of aryl methyl sites for hydroxylation is 1. The third-order valence-corrected chi connectivity index (χ3v) is 6.48. The molecular weight excluding hydrogens is 419 g/mol. The quantitative estimate of drug-likeness (QED) is 0.655. The first kappa shape index (κ1) is 21.4. The highest BCUT2D eigenvalue weighted by molar-refractivity contribution is 5.99. The number of hydrogen-bond donors (Lipinski definition) is 1. The Hall–Kier alpha value is -3.45. The summed E-state index contributed by atoms with van der Waals surface area (Å²) in [5.41, 5.74) is 12.3. The molecule has 2 aromatic carbocycles. The van der Waals surface area contributed by atoms with Crippen LogP contribution in [0.5, 0.6) is 5.75 Å². The number of rotatable bonds is 3.